The Bertz CT molecular complexity index is 529. The Morgan fingerprint density at radius 3 is 2.41 bits per heavy atom. The fourth-order valence-electron chi connectivity index (χ4n) is 1.80. The van der Waals surface area contributed by atoms with Crippen LogP contribution in [-0.2, 0) is 6.42 Å². The molecule has 0 saturated carbocycles. The quantitative estimate of drug-likeness (QED) is 0.733. The third kappa shape index (κ3) is 2.56. The first-order valence-corrected chi connectivity index (χ1v) is 5.96. The van der Waals surface area contributed by atoms with E-state index in [0.29, 0.717) is 10.6 Å². The molecule has 0 aliphatic carbocycles. The summed E-state index contributed by atoms with van der Waals surface area (Å²) in [6.07, 6.45) is 1.87. The number of hydrogen-bond acceptors (Lipinski definition) is 1. The van der Waals surface area contributed by atoms with Crippen LogP contribution in [0.4, 0.5) is 0 Å². The number of carbonyl (C=O) groups excluding carboxylic acids is 1. The van der Waals surface area contributed by atoms with E-state index in [1.54, 1.807) is 12.1 Å². The summed E-state index contributed by atoms with van der Waals surface area (Å²) < 4.78 is 0. The molecule has 0 saturated heterocycles. The average molecular weight is 245 g/mol. The van der Waals surface area contributed by atoms with Gasteiger partial charge in [0.05, 0.1) is 0 Å². The summed E-state index contributed by atoms with van der Waals surface area (Å²) in [4.78, 5) is 11.0. The van der Waals surface area contributed by atoms with Gasteiger partial charge in [0, 0.05) is 10.6 Å². The highest BCUT2D eigenvalue weighted by Gasteiger charge is 2.05. The van der Waals surface area contributed by atoms with Crippen LogP contribution < -0.4 is 0 Å². The number of halogens is 1. The van der Waals surface area contributed by atoms with E-state index >= 15 is 0 Å². The smallest absolute Gasteiger partial charge is 0.150 e. The lowest BCUT2D eigenvalue weighted by molar-refractivity contribution is 0.112. The molecular weight excluding hydrogens is 232 g/mol. The molecule has 0 heterocycles. The van der Waals surface area contributed by atoms with Crippen LogP contribution in [0.25, 0.3) is 11.1 Å². The molecule has 0 aromatic heterocycles. The van der Waals surface area contributed by atoms with E-state index in [1.165, 1.54) is 5.56 Å². The highest BCUT2D eigenvalue weighted by atomic mass is 35.5. The maximum Gasteiger partial charge on any atom is 0.150 e. The highest BCUT2D eigenvalue weighted by Crippen LogP contribution is 2.26. The summed E-state index contributed by atoms with van der Waals surface area (Å²) >= 11 is 5.97. The minimum atomic E-state index is 0.644. The fourth-order valence-corrected chi connectivity index (χ4v) is 1.97. The second-order valence-corrected chi connectivity index (χ2v) is 4.34. The van der Waals surface area contributed by atoms with Crippen molar-refractivity contribution in [2.24, 2.45) is 0 Å². The van der Waals surface area contributed by atoms with Gasteiger partial charge in [-0.2, -0.15) is 0 Å². The van der Waals surface area contributed by atoms with E-state index in [1.807, 2.05) is 18.2 Å². The first kappa shape index (κ1) is 11.9. The van der Waals surface area contributed by atoms with E-state index in [9.17, 15) is 4.79 Å². The Morgan fingerprint density at radius 2 is 1.82 bits per heavy atom. The zero-order chi connectivity index (χ0) is 12.3. The van der Waals surface area contributed by atoms with Gasteiger partial charge in [-0.05, 0) is 41.3 Å². The van der Waals surface area contributed by atoms with Gasteiger partial charge in [-0.1, -0.05) is 42.8 Å². The van der Waals surface area contributed by atoms with Gasteiger partial charge in [-0.3, -0.25) is 4.79 Å². The fraction of sp³-hybridized carbons (Fsp3) is 0.133. The van der Waals surface area contributed by atoms with Gasteiger partial charge < -0.3 is 0 Å². The second-order valence-electron chi connectivity index (χ2n) is 3.90. The Balaban J connectivity index is 2.50. The summed E-state index contributed by atoms with van der Waals surface area (Å²) in [7, 11) is 0. The molecule has 0 bridgehead atoms. The normalized spacial score (nSPS) is 10.2. The highest BCUT2D eigenvalue weighted by molar-refractivity contribution is 6.31. The monoisotopic (exact) mass is 244 g/mol. The van der Waals surface area contributed by atoms with Crippen LogP contribution >= 0.6 is 11.6 Å². The lowest BCUT2D eigenvalue weighted by atomic mass is 9.99. The first-order chi connectivity index (χ1) is 8.24. The third-order valence-corrected chi connectivity index (χ3v) is 3.05. The lowest BCUT2D eigenvalue weighted by Crippen LogP contribution is -1.88. The number of benzene rings is 2. The molecule has 2 aromatic rings. The Kier molecular flexibility index (Phi) is 3.60. The van der Waals surface area contributed by atoms with E-state index in [-0.39, 0.29) is 0 Å². The van der Waals surface area contributed by atoms with Crippen LogP contribution in [-0.4, -0.2) is 6.29 Å². The molecule has 86 valence electrons. The zero-order valence-corrected chi connectivity index (χ0v) is 10.4. The summed E-state index contributed by atoms with van der Waals surface area (Å²) in [5.41, 5.74) is 3.85. The number of carbonyl (C=O) groups is 1. The van der Waals surface area contributed by atoms with E-state index in [4.69, 9.17) is 11.6 Å². The van der Waals surface area contributed by atoms with Crippen LogP contribution in [0.1, 0.15) is 22.8 Å². The van der Waals surface area contributed by atoms with Gasteiger partial charge in [0.1, 0.15) is 0 Å². The topological polar surface area (TPSA) is 17.1 Å². The van der Waals surface area contributed by atoms with Crippen LogP contribution in [0, 0.1) is 0 Å². The standard InChI is InChI=1S/C15H13ClO/c1-2-11-3-5-12(6-4-11)15-9-14(16)8-7-13(15)10-17/h3-10H,2H2,1H3. The van der Waals surface area contributed by atoms with E-state index < -0.39 is 0 Å². The van der Waals surface area contributed by atoms with Gasteiger partial charge in [0.25, 0.3) is 0 Å². The molecule has 0 spiro atoms. The second kappa shape index (κ2) is 5.15. The van der Waals surface area contributed by atoms with Crippen molar-refractivity contribution >= 4 is 17.9 Å². The number of aldehydes is 1. The van der Waals surface area contributed by atoms with Gasteiger partial charge in [0.2, 0.25) is 0 Å². The van der Waals surface area contributed by atoms with Crippen molar-refractivity contribution in [3.8, 4) is 11.1 Å². The van der Waals surface area contributed by atoms with Crippen LogP contribution in [0.2, 0.25) is 5.02 Å². The van der Waals surface area contributed by atoms with E-state index in [0.717, 1.165) is 23.8 Å². The van der Waals surface area contributed by atoms with Crippen molar-refractivity contribution in [1.82, 2.24) is 0 Å². The van der Waals surface area contributed by atoms with E-state index in [2.05, 4.69) is 19.1 Å². The van der Waals surface area contributed by atoms with Crippen molar-refractivity contribution in [1.29, 1.82) is 0 Å². The van der Waals surface area contributed by atoms with Crippen molar-refractivity contribution < 1.29 is 4.79 Å². The molecule has 2 rings (SSSR count). The van der Waals surface area contributed by atoms with Crippen LogP contribution in [0.3, 0.4) is 0 Å². The van der Waals surface area contributed by atoms with Crippen molar-refractivity contribution in [3.05, 3.63) is 58.6 Å². The minimum absolute atomic E-state index is 0.644. The first-order valence-electron chi connectivity index (χ1n) is 5.58. The molecule has 17 heavy (non-hydrogen) atoms. The summed E-state index contributed by atoms with van der Waals surface area (Å²) in [5.74, 6) is 0. The molecule has 0 unspecified atom stereocenters. The molecule has 0 N–H and O–H groups in total. The SMILES string of the molecule is CCc1ccc(-c2cc(Cl)ccc2C=O)cc1. The molecule has 1 nitrogen and oxygen atoms in total. The van der Waals surface area contributed by atoms with Crippen molar-refractivity contribution in [2.75, 3.05) is 0 Å². The Labute approximate surface area is 106 Å². The molecule has 0 radical (unpaired) electrons. The lowest BCUT2D eigenvalue weighted by Gasteiger charge is -2.06. The largest absolute Gasteiger partial charge is 0.298 e. The predicted octanol–water partition coefficient (Wildman–Crippen LogP) is 4.38. The van der Waals surface area contributed by atoms with Gasteiger partial charge in [-0.15, -0.1) is 0 Å². The number of hydrogen-bond donors (Lipinski definition) is 0. The Morgan fingerprint density at radius 1 is 1.12 bits per heavy atom. The molecule has 2 heteroatoms. The number of aryl methyl sites for hydroxylation is 1. The average Bonchev–Trinajstić information content (AvgIpc) is 2.39. The molecule has 0 aliphatic rings. The van der Waals surface area contributed by atoms with Gasteiger partial charge in [0.15, 0.2) is 6.29 Å². The zero-order valence-electron chi connectivity index (χ0n) is 9.61. The molecular formula is C15H13ClO. The molecule has 0 fully saturated rings. The van der Waals surface area contributed by atoms with Crippen molar-refractivity contribution in [3.63, 3.8) is 0 Å². The van der Waals surface area contributed by atoms with Gasteiger partial charge >= 0.3 is 0 Å². The molecule has 0 amide bonds. The molecule has 0 atom stereocenters. The predicted molar refractivity (Wildman–Crippen MR) is 71.7 cm³/mol. The third-order valence-electron chi connectivity index (χ3n) is 2.82. The maximum atomic E-state index is 11.0. The van der Waals surface area contributed by atoms with Gasteiger partial charge in [-0.25, -0.2) is 0 Å². The summed E-state index contributed by atoms with van der Waals surface area (Å²) in [6.45, 7) is 2.12. The summed E-state index contributed by atoms with van der Waals surface area (Å²) in [5, 5.41) is 0.644. The van der Waals surface area contributed by atoms with Crippen molar-refractivity contribution in [2.45, 2.75) is 13.3 Å². The van der Waals surface area contributed by atoms with Crippen LogP contribution in [0.15, 0.2) is 42.5 Å². The maximum absolute atomic E-state index is 11.0. The summed E-state index contributed by atoms with van der Waals surface area (Å²) in [6, 6.07) is 13.5. The number of rotatable bonds is 3. The molecule has 2 aromatic carbocycles. The Hall–Kier alpha value is -1.60. The van der Waals surface area contributed by atoms with Crippen LogP contribution in [0.5, 0.6) is 0 Å². The minimum Gasteiger partial charge on any atom is -0.298 e. The molecule has 0 aliphatic heterocycles.